The number of nitrogens with one attached hydrogen (secondary N) is 1. The molecule has 1 amide bonds. The first-order valence-electron chi connectivity index (χ1n) is 9.10. The van der Waals surface area contributed by atoms with Gasteiger partial charge in [0.05, 0.1) is 17.3 Å². The van der Waals surface area contributed by atoms with Crippen LogP contribution >= 0.6 is 11.3 Å². The lowest BCUT2D eigenvalue weighted by Gasteiger charge is -2.16. The molecule has 0 atom stereocenters. The highest BCUT2D eigenvalue weighted by Gasteiger charge is 2.12. The fourth-order valence-electron chi connectivity index (χ4n) is 2.93. The maximum atomic E-state index is 12.0. The van der Waals surface area contributed by atoms with Crippen molar-refractivity contribution in [2.24, 2.45) is 0 Å². The number of hydrogen-bond acceptors (Lipinski definition) is 7. The normalized spacial score (nSPS) is 11.1. The van der Waals surface area contributed by atoms with Crippen LogP contribution in [0.4, 0.5) is 10.5 Å². The molecule has 0 spiro atoms. The van der Waals surface area contributed by atoms with Crippen molar-refractivity contribution in [2.75, 3.05) is 19.0 Å². The molecule has 3 rings (SSSR count). The maximum absolute atomic E-state index is 12.0. The van der Waals surface area contributed by atoms with Crippen molar-refractivity contribution < 1.29 is 13.9 Å². The van der Waals surface area contributed by atoms with Crippen LogP contribution in [0.1, 0.15) is 30.1 Å². The molecule has 0 saturated heterocycles. The first-order chi connectivity index (χ1) is 13.5. The standard InChI is InChI=1S/C20H23N3O4S/c1-4-18-21-15(12-28-18)11-23(3)10-13-8-19(24)27-17-9-14(6-7-16(13)17)22-20(25)26-5-2/h6-9,12H,4-5,10-11H2,1-3H3,(H,22,25). The highest BCUT2D eigenvalue weighted by Crippen LogP contribution is 2.23. The van der Waals surface area contributed by atoms with Gasteiger partial charge in [0.25, 0.3) is 0 Å². The lowest BCUT2D eigenvalue weighted by atomic mass is 10.1. The Morgan fingerprint density at radius 2 is 2.11 bits per heavy atom. The van der Waals surface area contributed by atoms with Crippen LogP contribution in [-0.2, 0) is 24.2 Å². The van der Waals surface area contributed by atoms with Crippen LogP contribution in [0.3, 0.4) is 0 Å². The second-order valence-electron chi connectivity index (χ2n) is 6.41. The van der Waals surface area contributed by atoms with Crippen LogP contribution in [-0.4, -0.2) is 29.6 Å². The number of carbonyl (C=O) groups is 1. The van der Waals surface area contributed by atoms with E-state index in [0.717, 1.165) is 28.1 Å². The third kappa shape index (κ3) is 4.96. The molecule has 2 aromatic heterocycles. The summed E-state index contributed by atoms with van der Waals surface area (Å²) in [6.45, 7) is 5.37. The summed E-state index contributed by atoms with van der Waals surface area (Å²) in [6, 6.07) is 6.73. The first kappa shape index (κ1) is 20.0. The number of anilines is 1. The summed E-state index contributed by atoms with van der Waals surface area (Å²) in [6.07, 6.45) is 0.385. The van der Waals surface area contributed by atoms with Gasteiger partial charge in [-0.05, 0) is 38.1 Å². The monoisotopic (exact) mass is 401 g/mol. The van der Waals surface area contributed by atoms with E-state index in [9.17, 15) is 9.59 Å². The van der Waals surface area contributed by atoms with Gasteiger partial charge >= 0.3 is 11.7 Å². The van der Waals surface area contributed by atoms with Crippen LogP contribution in [0.25, 0.3) is 11.0 Å². The molecule has 2 heterocycles. The number of fused-ring (bicyclic) bond motifs is 1. The van der Waals surface area contributed by atoms with Crippen LogP contribution < -0.4 is 10.9 Å². The zero-order valence-electron chi connectivity index (χ0n) is 16.2. The molecule has 0 aliphatic heterocycles. The van der Waals surface area contributed by atoms with Crippen molar-refractivity contribution in [3.63, 3.8) is 0 Å². The first-order valence-corrected chi connectivity index (χ1v) is 9.98. The highest BCUT2D eigenvalue weighted by molar-refractivity contribution is 7.09. The number of ether oxygens (including phenoxy) is 1. The van der Waals surface area contributed by atoms with E-state index in [0.29, 0.717) is 24.4 Å². The van der Waals surface area contributed by atoms with E-state index in [2.05, 4.69) is 27.5 Å². The average Bonchev–Trinajstić information content (AvgIpc) is 3.08. The van der Waals surface area contributed by atoms with Gasteiger partial charge in [-0.25, -0.2) is 14.6 Å². The molecule has 1 aromatic carbocycles. The zero-order valence-corrected chi connectivity index (χ0v) is 17.0. The molecule has 0 aliphatic carbocycles. The van der Waals surface area contributed by atoms with E-state index in [1.54, 1.807) is 30.4 Å². The van der Waals surface area contributed by atoms with E-state index in [4.69, 9.17) is 9.15 Å². The third-order valence-electron chi connectivity index (χ3n) is 4.13. The Bertz CT molecular complexity index is 1030. The van der Waals surface area contributed by atoms with Gasteiger partial charge in [0.2, 0.25) is 0 Å². The Kier molecular flexibility index (Phi) is 6.43. The summed E-state index contributed by atoms with van der Waals surface area (Å²) in [7, 11) is 1.99. The summed E-state index contributed by atoms with van der Waals surface area (Å²) in [5.41, 5.74) is 2.40. The molecule has 7 nitrogen and oxygen atoms in total. The summed E-state index contributed by atoms with van der Waals surface area (Å²) in [4.78, 5) is 30.3. The van der Waals surface area contributed by atoms with Gasteiger partial charge in [-0.15, -0.1) is 11.3 Å². The minimum Gasteiger partial charge on any atom is -0.450 e. The van der Waals surface area contributed by atoms with Gasteiger partial charge in [-0.2, -0.15) is 0 Å². The van der Waals surface area contributed by atoms with Crippen LogP contribution in [0.2, 0.25) is 0 Å². The largest absolute Gasteiger partial charge is 0.450 e. The Labute approximate surface area is 167 Å². The molecular formula is C20H23N3O4S. The minimum absolute atomic E-state index is 0.281. The summed E-state index contributed by atoms with van der Waals surface area (Å²) >= 11 is 1.67. The highest BCUT2D eigenvalue weighted by atomic mass is 32.1. The molecule has 0 bridgehead atoms. The van der Waals surface area contributed by atoms with Gasteiger partial charge in [0.15, 0.2) is 0 Å². The van der Waals surface area contributed by atoms with Crippen LogP contribution in [0.15, 0.2) is 38.9 Å². The average molecular weight is 401 g/mol. The Morgan fingerprint density at radius 3 is 2.82 bits per heavy atom. The molecule has 1 N–H and O–H groups in total. The van der Waals surface area contributed by atoms with E-state index >= 15 is 0 Å². The van der Waals surface area contributed by atoms with Gasteiger partial charge < -0.3 is 9.15 Å². The number of rotatable bonds is 7. The molecule has 0 radical (unpaired) electrons. The van der Waals surface area contributed by atoms with Crippen molar-refractivity contribution in [3.8, 4) is 0 Å². The Hall–Kier alpha value is -2.71. The summed E-state index contributed by atoms with van der Waals surface area (Å²) < 4.78 is 10.2. The molecule has 8 heteroatoms. The zero-order chi connectivity index (χ0) is 20.1. The minimum atomic E-state index is -0.546. The summed E-state index contributed by atoms with van der Waals surface area (Å²) in [5, 5.41) is 6.63. The lowest BCUT2D eigenvalue weighted by molar-refractivity contribution is 0.168. The number of aromatic nitrogens is 1. The van der Waals surface area contributed by atoms with E-state index in [1.807, 2.05) is 13.1 Å². The second kappa shape index (κ2) is 8.99. The Morgan fingerprint density at radius 1 is 1.29 bits per heavy atom. The molecule has 28 heavy (non-hydrogen) atoms. The van der Waals surface area contributed by atoms with E-state index < -0.39 is 11.7 Å². The van der Waals surface area contributed by atoms with Crippen LogP contribution in [0, 0.1) is 0 Å². The third-order valence-corrected chi connectivity index (χ3v) is 5.17. The summed E-state index contributed by atoms with van der Waals surface area (Å²) in [5.74, 6) is 0. The SMILES string of the molecule is CCOC(=O)Nc1ccc2c(CN(C)Cc3csc(CC)n3)cc(=O)oc2c1. The number of carbonyl (C=O) groups excluding carboxylic acids is 1. The molecule has 3 aromatic rings. The van der Waals surface area contributed by atoms with Crippen molar-refractivity contribution in [2.45, 2.75) is 33.4 Å². The van der Waals surface area contributed by atoms with Crippen LogP contribution in [0.5, 0.6) is 0 Å². The molecular weight excluding hydrogens is 378 g/mol. The van der Waals surface area contributed by atoms with Gasteiger partial charge in [0.1, 0.15) is 5.58 Å². The fourth-order valence-corrected chi connectivity index (χ4v) is 3.67. The number of nitrogens with zero attached hydrogens (tertiary/aromatic N) is 2. The predicted molar refractivity (Wildman–Crippen MR) is 110 cm³/mol. The maximum Gasteiger partial charge on any atom is 0.411 e. The quantitative estimate of drug-likeness (QED) is 0.602. The van der Waals surface area contributed by atoms with E-state index in [1.165, 1.54) is 6.07 Å². The number of benzene rings is 1. The smallest absolute Gasteiger partial charge is 0.411 e. The molecule has 0 unspecified atom stereocenters. The predicted octanol–water partition coefficient (Wildman–Crippen LogP) is 4.01. The topological polar surface area (TPSA) is 84.7 Å². The molecule has 148 valence electrons. The number of hydrogen-bond donors (Lipinski definition) is 1. The van der Waals surface area contributed by atoms with Gasteiger partial charge in [0, 0.05) is 41.7 Å². The van der Waals surface area contributed by atoms with Crippen molar-refractivity contribution >= 4 is 34.1 Å². The van der Waals surface area contributed by atoms with E-state index in [-0.39, 0.29) is 6.61 Å². The fraction of sp³-hybridized carbons (Fsp3) is 0.350. The Balaban J connectivity index is 1.80. The number of aryl methyl sites for hydroxylation is 1. The lowest BCUT2D eigenvalue weighted by Crippen LogP contribution is -2.19. The second-order valence-corrected chi connectivity index (χ2v) is 7.35. The van der Waals surface area contributed by atoms with Gasteiger partial charge in [-0.1, -0.05) is 6.92 Å². The van der Waals surface area contributed by atoms with Crippen molar-refractivity contribution in [1.29, 1.82) is 0 Å². The molecule has 0 fully saturated rings. The van der Waals surface area contributed by atoms with Crippen molar-refractivity contribution in [1.82, 2.24) is 9.88 Å². The number of thiazole rings is 1. The molecule has 0 aliphatic rings. The van der Waals surface area contributed by atoms with Crippen molar-refractivity contribution in [3.05, 3.63) is 56.3 Å². The van der Waals surface area contributed by atoms with Gasteiger partial charge in [-0.3, -0.25) is 10.2 Å². The molecule has 0 saturated carbocycles. The number of amides is 1.